The topological polar surface area (TPSA) is 95.9 Å². The number of ketones is 1. The summed E-state index contributed by atoms with van der Waals surface area (Å²) in [5, 5.41) is 13.1. The Morgan fingerprint density at radius 2 is 1.45 bits per heavy atom. The van der Waals surface area contributed by atoms with Crippen molar-refractivity contribution in [2.75, 3.05) is 18.5 Å². The first kappa shape index (κ1) is 33.5. The zero-order valence-corrected chi connectivity index (χ0v) is 26.9. The van der Waals surface area contributed by atoms with Gasteiger partial charge in [-0.1, -0.05) is 104 Å². The normalized spacial score (nSPS) is 13.8. The van der Waals surface area contributed by atoms with E-state index in [1.165, 1.54) is 19.3 Å². The molecule has 1 aliphatic carbocycles. The quantitative estimate of drug-likeness (QED) is 0.0967. The lowest BCUT2D eigenvalue weighted by Crippen LogP contribution is -2.33. The van der Waals surface area contributed by atoms with Crippen LogP contribution in [0, 0.1) is 5.92 Å². The molecule has 0 aliphatic heterocycles. The van der Waals surface area contributed by atoms with Crippen molar-refractivity contribution >= 4 is 23.3 Å². The fraction of sp³-hybridized carbons (Fsp3) is 0.325. The number of carboxylic acid groups (broad SMARTS) is 1. The van der Waals surface area contributed by atoms with Gasteiger partial charge in [0.1, 0.15) is 11.8 Å². The number of amides is 1. The van der Waals surface area contributed by atoms with Crippen LogP contribution in [0.5, 0.6) is 5.75 Å². The van der Waals surface area contributed by atoms with Crippen molar-refractivity contribution < 1.29 is 24.2 Å². The summed E-state index contributed by atoms with van der Waals surface area (Å²) in [4.78, 5) is 40.6. The zero-order chi connectivity index (χ0) is 32.8. The lowest BCUT2D eigenvalue weighted by molar-refractivity contribution is -0.138. The number of nitrogens with zero attached hydrogens (tertiary/aromatic N) is 1. The van der Waals surface area contributed by atoms with Crippen molar-refractivity contribution in [3.63, 3.8) is 0 Å². The van der Waals surface area contributed by atoms with Crippen LogP contribution in [0.25, 0.3) is 0 Å². The minimum Gasteiger partial charge on any atom is -0.494 e. The summed E-state index contributed by atoms with van der Waals surface area (Å²) in [6.07, 6.45) is 7.57. The summed E-state index contributed by atoms with van der Waals surface area (Å²) < 4.78 is 6.02. The van der Waals surface area contributed by atoms with E-state index >= 15 is 0 Å². The van der Waals surface area contributed by atoms with Gasteiger partial charge in [0.05, 0.1) is 6.61 Å². The number of ether oxygens (including phenoxy) is 1. The van der Waals surface area contributed by atoms with Crippen LogP contribution in [-0.4, -0.2) is 46.9 Å². The Morgan fingerprint density at radius 1 is 0.787 bits per heavy atom. The van der Waals surface area contributed by atoms with Gasteiger partial charge in [-0.05, 0) is 60.6 Å². The third-order valence-electron chi connectivity index (χ3n) is 8.80. The molecule has 0 aromatic heterocycles. The van der Waals surface area contributed by atoms with Crippen LogP contribution in [0.3, 0.4) is 0 Å². The SMILES string of the molecule is O=C(c1ccccc1)c1ccccc1N[C@@H](Cc1ccc(OCCCN(Cc2ccccc2)C(=O)CC2CCCCC2)cc1)C(=O)O. The highest BCUT2D eigenvalue weighted by Crippen LogP contribution is 2.27. The number of nitrogens with one attached hydrogen (secondary N) is 1. The minimum atomic E-state index is -1.01. The molecule has 0 bridgehead atoms. The van der Waals surface area contributed by atoms with Gasteiger partial charge in [0.15, 0.2) is 5.78 Å². The van der Waals surface area contributed by atoms with Crippen molar-refractivity contribution in [1.82, 2.24) is 4.90 Å². The summed E-state index contributed by atoms with van der Waals surface area (Å²) in [6.45, 7) is 1.69. The van der Waals surface area contributed by atoms with Crippen LogP contribution >= 0.6 is 0 Å². The van der Waals surface area contributed by atoms with Gasteiger partial charge >= 0.3 is 5.97 Å². The zero-order valence-electron chi connectivity index (χ0n) is 26.9. The largest absolute Gasteiger partial charge is 0.494 e. The highest BCUT2D eigenvalue weighted by atomic mass is 16.5. The molecular weight excluding hydrogens is 588 g/mol. The van der Waals surface area contributed by atoms with E-state index in [0.29, 0.717) is 61.0 Å². The summed E-state index contributed by atoms with van der Waals surface area (Å²) in [5.41, 5.74) is 3.39. The van der Waals surface area contributed by atoms with Crippen molar-refractivity contribution in [2.24, 2.45) is 5.92 Å². The van der Waals surface area contributed by atoms with Gasteiger partial charge in [-0.2, -0.15) is 0 Å². The average molecular weight is 633 g/mol. The fourth-order valence-corrected chi connectivity index (χ4v) is 6.21. The highest BCUT2D eigenvalue weighted by Gasteiger charge is 2.23. The summed E-state index contributed by atoms with van der Waals surface area (Å²) >= 11 is 0. The molecule has 4 aromatic carbocycles. The average Bonchev–Trinajstić information content (AvgIpc) is 3.11. The summed E-state index contributed by atoms with van der Waals surface area (Å²) in [7, 11) is 0. The number of benzene rings is 4. The highest BCUT2D eigenvalue weighted by molar-refractivity contribution is 6.12. The maximum atomic E-state index is 13.3. The third kappa shape index (κ3) is 10.0. The van der Waals surface area contributed by atoms with Crippen molar-refractivity contribution in [1.29, 1.82) is 0 Å². The maximum Gasteiger partial charge on any atom is 0.326 e. The standard InChI is InChI=1S/C40H44N2O5/c43-38(28-30-13-4-1-5-14-30)42(29-32-15-6-2-7-16-32)25-12-26-47-34-23-21-31(22-24-34)27-37(40(45)46)41-36-20-11-10-19-35(36)39(44)33-17-8-3-9-18-33/h2-3,6-11,15-24,30,37,41H,1,4-5,12-14,25-29H2,(H,45,46)/t37-/m0/s1. The van der Waals surface area contributed by atoms with E-state index in [2.05, 4.69) is 17.4 Å². The molecule has 1 atom stereocenters. The van der Waals surface area contributed by atoms with E-state index < -0.39 is 12.0 Å². The Balaban J connectivity index is 1.14. The van der Waals surface area contributed by atoms with E-state index in [-0.39, 0.29) is 18.1 Å². The molecule has 4 aromatic rings. The fourth-order valence-electron chi connectivity index (χ4n) is 6.21. The van der Waals surface area contributed by atoms with E-state index in [4.69, 9.17) is 4.74 Å². The molecule has 7 heteroatoms. The molecule has 0 heterocycles. The van der Waals surface area contributed by atoms with Gasteiger partial charge in [0.2, 0.25) is 5.91 Å². The molecule has 1 aliphatic rings. The Bertz CT molecular complexity index is 1580. The second-order valence-electron chi connectivity index (χ2n) is 12.3. The number of carbonyl (C=O) groups excluding carboxylic acids is 2. The van der Waals surface area contributed by atoms with E-state index in [1.54, 1.807) is 48.5 Å². The van der Waals surface area contributed by atoms with E-state index in [9.17, 15) is 19.5 Å². The van der Waals surface area contributed by atoms with Crippen LogP contribution in [0.2, 0.25) is 0 Å². The predicted molar refractivity (Wildman–Crippen MR) is 185 cm³/mol. The molecule has 0 radical (unpaired) electrons. The van der Waals surface area contributed by atoms with Gasteiger partial charge in [0, 0.05) is 42.7 Å². The molecule has 1 fully saturated rings. The first-order valence-corrected chi connectivity index (χ1v) is 16.7. The lowest BCUT2D eigenvalue weighted by atomic mass is 9.86. The molecule has 0 saturated heterocycles. The second kappa shape index (κ2) is 17.1. The monoisotopic (exact) mass is 632 g/mol. The second-order valence-corrected chi connectivity index (χ2v) is 12.3. The first-order chi connectivity index (χ1) is 23.0. The van der Waals surface area contributed by atoms with E-state index in [0.717, 1.165) is 24.0 Å². The summed E-state index contributed by atoms with van der Waals surface area (Å²) in [5.74, 6) is 0.225. The van der Waals surface area contributed by atoms with Crippen LogP contribution in [0.15, 0.2) is 109 Å². The van der Waals surface area contributed by atoms with Gasteiger partial charge in [-0.15, -0.1) is 0 Å². The van der Waals surface area contributed by atoms with Crippen molar-refractivity contribution in [3.05, 3.63) is 131 Å². The number of carbonyl (C=O) groups is 3. The molecule has 1 saturated carbocycles. The Labute approximate surface area is 277 Å². The van der Waals surface area contributed by atoms with Crippen molar-refractivity contribution in [3.8, 4) is 5.75 Å². The lowest BCUT2D eigenvalue weighted by Gasteiger charge is -2.27. The number of anilines is 1. The molecular formula is C40H44N2O5. The number of hydrogen-bond donors (Lipinski definition) is 2. The number of aliphatic carboxylic acids is 1. The van der Waals surface area contributed by atoms with Crippen LogP contribution in [-0.2, 0) is 22.6 Å². The number of carboxylic acids is 1. The molecule has 1 amide bonds. The first-order valence-electron chi connectivity index (χ1n) is 16.7. The molecule has 0 unspecified atom stereocenters. The Kier molecular flexibility index (Phi) is 12.2. The smallest absolute Gasteiger partial charge is 0.326 e. The Morgan fingerprint density at radius 3 is 2.15 bits per heavy atom. The van der Waals surface area contributed by atoms with Crippen LogP contribution < -0.4 is 10.1 Å². The molecule has 5 rings (SSSR count). The minimum absolute atomic E-state index is 0.170. The molecule has 2 N–H and O–H groups in total. The number of rotatable bonds is 16. The maximum absolute atomic E-state index is 13.3. The number of para-hydroxylation sites is 1. The van der Waals surface area contributed by atoms with Crippen LogP contribution in [0.1, 0.15) is 72.0 Å². The molecule has 47 heavy (non-hydrogen) atoms. The molecule has 7 nitrogen and oxygen atoms in total. The van der Waals surface area contributed by atoms with Crippen molar-refractivity contribution in [2.45, 2.75) is 64.0 Å². The van der Waals surface area contributed by atoms with Gasteiger partial charge < -0.3 is 20.1 Å². The van der Waals surface area contributed by atoms with E-state index in [1.807, 2.05) is 53.4 Å². The van der Waals surface area contributed by atoms with Crippen LogP contribution in [0.4, 0.5) is 5.69 Å². The Hall–Kier alpha value is -4.91. The van der Waals surface area contributed by atoms with Gasteiger partial charge in [-0.25, -0.2) is 4.79 Å². The summed E-state index contributed by atoms with van der Waals surface area (Å²) in [6, 6.07) is 32.5. The van der Waals surface area contributed by atoms with Gasteiger partial charge in [0.25, 0.3) is 0 Å². The number of hydrogen-bond acceptors (Lipinski definition) is 5. The predicted octanol–water partition coefficient (Wildman–Crippen LogP) is 7.79. The molecule has 244 valence electrons. The third-order valence-corrected chi connectivity index (χ3v) is 8.80. The van der Waals surface area contributed by atoms with Gasteiger partial charge in [-0.3, -0.25) is 9.59 Å². The molecule has 0 spiro atoms.